The van der Waals surface area contributed by atoms with Crippen molar-refractivity contribution in [1.29, 1.82) is 0 Å². The van der Waals surface area contributed by atoms with Crippen molar-refractivity contribution < 1.29 is 23.3 Å². The first-order chi connectivity index (χ1) is 18.3. The van der Waals surface area contributed by atoms with Gasteiger partial charge in [0.25, 0.3) is 0 Å². The third-order valence-corrected chi connectivity index (χ3v) is 8.17. The molecule has 2 aliphatic rings. The van der Waals surface area contributed by atoms with Gasteiger partial charge in [0.05, 0.1) is 5.75 Å². The van der Waals surface area contributed by atoms with Crippen LogP contribution in [0.2, 0.25) is 0 Å². The summed E-state index contributed by atoms with van der Waals surface area (Å²) in [6.45, 7) is 9.49. The Morgan fingerprint density at radius 1 is 1.11 bits per heavy atom. The number of likely N-dealkylation sites (tertiary alicyclic amines) is 1. The van der Waals surface area contributed by atoms with Crippen LogP contribution >= 0.6 is 0 Å². The first-order valence-electron chi connectivity index (χ1n) is 13.1. The fraction of sp³-hybridized carbons (Fsp3) is 0.355. The van der Waals surface area contributed by atoms with Gasteiger partial charge < -0.3 is 19.1 Å². The van der Waals surface area contributed by atoms with E-state index >= 15 is 0 Å². The number of hydrogen-bond acceptors (Lipinski definition) is 5. The summed E-state index contributed by atoms with van der Waals surface area (Å²) in [5.74, 6) is 2.57. The molecule has 2 unspecified atom stereocenters. The zero-order valence-corrected chi connectivity index (χ0v) is 22.9. The molecule has 0 amide bonds. The second kappa shape index (κ2) is 11.3. The van der Waals surface area contributed by atoms with Gasteiger partial charge in [-0.15, -0.1) is 0 Å². The summed E-state index contributed by atoms with van der Waals surface area (Å²) < 4.78 is 33.2. The molecule has 2 N–H and O–H groups in total. The van der Waals surface area contributed by atoms with E-state index in [4.69, 9.17) is 9.47 Å². The molecule has 3 aromatic rings. The summed E-state index contributed by atoms with van der Waals surface area (Å²) in [4.78, 5) is 2.49. The standard InChI is InChI=1S/C31H35NO5S/c1-20-14-15-32(17-20)21(2)18-36-27-11-8-25(9-12-27)31-30(24-6-4-23(5-7-24)19-38(34)35)22(3)28-16-26(33)10-13-29(28)37-31/h4-13,16,20-21,31,33H,14-15,17-19H2,1-3H3,(H,34,35)/t20-,21+,31?/m1/s1. The minimum atomic E-state index is -1.89. The lowest BCUT2D eigenvalue weighted by Gasteiger charge is -2.31. The fourth-order valence-corrected chi connectivity index (χ4v) is 5.88. The minimum Gasteiger partial charge on any atom is -0.508 e. The molecule has 1 saturated heterocycles. The summed E-state index contributed by atoms with van der Waals surface area (Å²) in [6, 6.07) is 21.3. The number of aromatic hydroxyl groups is 1. The van der Waals surface area contributed by atoms with Crippen LogP contribution in [0.3, 0.4) is 0 Å². The molecule has 38 heavy (non-hydrogen) atoms. The van der Waals surface area contributed by atoms with Crippen LogP contribution in [0, 0.1) is 5.92 Å². The highest BCUT2D eigenvalue weighted by Gasteiger charge is 2.30. The van der Waals surface area contributed by atoms with E-state index in [-0.39, 0.29) is 17.6 Å². The average Bonchev–Trinajstić information content (AvgIpc) is 3.34. The molecule has 6 nitrogen and oxygen atoms in total. The van der Waals surface area contributed by atoms with E-state index in [1.165, 1.54) is 6.42 Å². The number of hydrogen-bond donors (Lipinski definition) is 2. The maximum absolute atomic E-state index is 11.3. The molecule has 0 aromatic heterocycles. The molecular weight excluding hydrogens is 498 g/mol. The quantitative estimate of drug-likeness (QED) is 0.332. The molecule has 0 radical (unpaired) electrons. The van der Waals surface area contributed by atoms with Crippen LogP contribution in [0.25, 0.3) is 11.1 Å². The van der Waals surface area contributed by atoms with Crippen LogP contribution in [0.15, 0.2) is 66.7 Å². The number of fused-ring (bicyclic) bond motifs is 1. The van der Waals surface area contributed by atoms with E-state index in [2.05, 4.69) is 18.7 Å². The van der Waals surface area contributed by atoms with E-state index in [1.54, 1.807) is 18.2 Å². The lowest BCUT2D eigenvalue weighted by Crippen LogP contribution is -2.35. The van der Waals surface area contributed by atoms with Crippen molar-refractivity contribution in [3.8, 4) is 17.2 Å². The molecule has 200 valence electrons. The van der Waals surface area contributed by atoms with Gasteiger partial charge in [0.2, 0.25) is 0 Å². The smallest absolute Gasteiger partial charge is 0.157 e. The Kier molecular flexibility index (Phi) is 7.88. The number of rotatable bonds is 8. The third kappa shape index (κ3) is 5.80. The molecule has 1 fully saturated rings. The lowest BCUT2D eigenvalue weighted by atomic mass is 9.86. The molecule has 2 heterocycles. The highest BCUT2D eigenvalue weighted by atomic mass is 32.2. The Bertz CT molecular complexity index is 1340. The Balaban J connectivity index is 1.40. The Morgan fingerprint density at radius 2 is 1.84 bits per heavy atom. The maximum Gasteiger partial charge on any atom is 0.157 e. The topological polar surface area (TPSA) is 79.2 Å². The van der Waals surface area contributed by atoms with Crippen molar-refractivity contribution in [2.24, 2.45) is 5.92 Å². The predicted octanol–water partition coefficient (Wildman–Crippen LogP) is 6.29. The van der Waals surface area contributed by atoms with Crippen molar-refractivity contribution in [2.75, 3.05) is 19.7 Å². The van der Waals surface area contributed by atoms with Gasteiger partial charge in [0.1, 0.15) is 30.0 Å². The number of ether oxygens (including phenoxy) is 2. The van der Waals surface area contributed by atoms with Gasteiger partial charge in [-0.2, -0.15) is 0 Å². The van der Waals surface area contributed by atoms with Gasteiger partial charge in [0.15, 0.2) is 11.1 Å². The van der Waals surface area contributed by atoms with Crippen molar-refractivity contribution in [3.05, 3.63) is 89.0 Å². The number of phenolic OH excluding ortho intramolecular Hbond substituents is 1. The molecule has 4 atom stereocenters. The van der Waals surface area contributed by atoms with Crippen LogP contribution < -0.4 is 9.47 Å². The number of nitrogens with zero attached hydrogens (tertiary/aromatic N) is 1. The van der Waals surface area contributed by atoms with Gasteiger partial charge >= 0.3 is 0 Å². The summed E-state index contributed by atoms with van der Waals surface area (Å²) in [5.41, 5.74) is 5.60. The molecule has 7 heteroatoms. The monoisotopic (exact) mass is 533 g/mol. The van der Waals surface area contributed by atoms with Gasteiger partial charge in [-0.3, -0.25) is 4.90 Å². The van der Waals surface area contributed by atoms with E-state index < -0.39 is 11.1 Å². The summed E-state index contributed by atoms with van der Waals surface area (Å²) in [5, 5.41) is 10.1. The summed E-state index contributed by atoms with van der Waals surface area (Å²) >= 11 is -1.89. The SMILES string of the molecule is CC1=C(c2ccc(CS(=O)O)cc2)C(c2ccc(OC[C@H](C)N3CC[C@@H](C)C3)cc2)Oc2ccc(O)cc21. The highest BCUT2D eigenvalue weighted by Crippen LogP contribution is 2.47. The average molecular weight is 534 g/mol. The Morgan fingerprint density at radius 3 is 2.50 bits per heavy atom. The molecule has 0 aliphatic carbocycles. The Labute approximate surface area is 227 Å². The third-order valence-electron chi connectivity index (χ3n) is 7.59. The van der Waals surface area contributed by atoms with Crippen LogP contribution in [-0.2, 0) is 16.8 Å². The highest BCUT2D eigenvalue weighted by molar-refractivity contribution is 7.78. The van der Waals surface area contributed by atoms with Crippen LogP contribution in [0.1, 0.15) is 55.5 Å². The van der Waals surface area contributed by atoms with E-state index in [1.807, 2.05) is 55.5 Å². The van der Waals surface area contributed by atoms with Gasteiger partial charge in [-0.05, 0) is 85.3 Å². The molecule has 2 aliphatic heterocycles. The molecular formula is C31H35NO5S. The largest absolute Gasteiger partial charge is 0.508 e. The van der Waals surface area contributed by atoms with E-state index in [0.29, 0.717) is 12.6 Å². The predicted molar refractivity (Wildman–Crippen MR) is 152 cm³/mol. The second-order valence-electron chi connectivity index (χ2n) is 10.5. The number of phenols is 1. The summed E-state index contributed by atoms with van der Waals surface area (Å²) in [6.07, 6.45) is 0.895. The second-order valence-corrected chi connectivity index (χ2v) is 11.4. The zero-order valence-electron chi connectivity index (χ0n) is 22.1. The van der Waals surface area contributed by atoms with Crippen molar-refractivity contribution in [2.45, 2.75) is 45.1 Å². The first kappa shape index (κ1) is 26.5. The number of benzene rings is 3. The van der Waals surface area contributed by atoms with Crippen molar-refractivity contribution in [3.63, 3.8) is 0 Å². The minimum absolute atomic E-state index is 0.0891. The van der Waals surface area contributed by atoms with Gasteiger partial charge in [-0.1, -0.05) is 43.3 Å². The maximum atomic E-state index is 11.3. The normalized spacial score (nSPS) is 21.1. The van der Waals surface area contributed by atoms with Crippen molar-refractivity contribution in [1.82, 2.24) is 4.90 Å². The van der Waals surface area contributed by atoms with Crippen LogP contribution in [0.5, 0.6) is 17.2 Å². The van der Waals surface area contributed by atoms with E-state index in [0.717, 1.165) is 63.9 Å². The van der Waals surface area contributed by atoms with Crippen LogP contribution in [0.4, 0.5) is 0 Å². The molecule has 5 rings (SSSR count). The Hall–Kier alpha value is -3.13. The van der Waals surface area contributed by atoms with E-state index in [9.17, 15) is 13.9 Å². The molecule has 0 saturated carbocycles. The first-order valence-corrected chi connectivity index (χ1v) is 14.4. The molecule has 3 aromatic carbocycles. The lowest BCUT2D eigenvalue weighted by molar-refractivity contribution is 0.169. The fourth-order valence-electron chi connectivity index (χ4n) is 5.40. The molecule has 0 spiro atoms. The molecule has 0 bridgehead atoms. The van der Waals surface area contributed by atoms with Gasteiger partial charge in [-0.25, -0.2) is 4.21 Å². The summed E-state index contributed by atoms with van der Waals surface area (Å²) in [7, 11) is 0. The van der Waals surface area contributed by atoms with Crippen LogP contribution in [-0.4, -0.2) is 44.5 Å². The number of allylic oxidation sites excluding steroid dienone is 1. The van der Waals surface area contributed by atoms with Crippen molar-refractivity contribution >= 4 is 22.2 Å². The zero-order chi connectivity index (χ0) is 26.8. The van der Waals surface area contributed by atoms with Gasteiger partial charge in [0, 0.05) is 23.7 Å².